The fourth-order valence-corrected chi connectivity index (χ4v) is 4.74. The molecule has 0 bridgehead atoms. The summed E-state index contributed by atoms with van der Waals surface area (Å²) in [5.74, 6) is -5.25. The molecular formula is C35H42N6O11. The van der Waals surface area contributed by atoms with Gasteiger partial charge in [0.1, 0.15) is 6.54 Å². The van der Waals surface area contributed by atoms with Crippen molar-refractivity contribution in [1.29, 1.82) is 0 Å². The molecule has 1 aromatic heterocycles. The van der Waals surface area contributed by atoms with Gasteiger partial charge in [0, 0.05) is 75.2 Å². The summed E-state index contributed by atoms with van der Waals surface area (Å²) in [7, 11) is 0. The maximum absolute atomic E-state index is 12.6. The summed E-state index contributed by atoms with van der Waals surface area (Å²) in [5, 5.41) is 38.9. The Kier molecular flexibility index (Phi) is 15.7. The van der Waals surface area contributed by atoms with Gasteiger partial charge < -0.3 is 46.3 Å². The summed E-state index contributed by atoms with van der Waals surface area (Å²) in [4.78, 5) is 91.6. The smallest absolute Gasteiger partial charge is 0.363 e. The Morgan fingerprint density at radius 2 is 1.21 bits per heavy atom. The van der Waals surface area contributed by atoms with E-state index in [2.05, 4.69) is 21.3 Å². The summed E-state index contributed by atoms with van der Waals surface area (Å²) in [5.41, 5.74) is 1.56. The highest BCUT2D eigenvalue weighted by atomic mass is 16.7. The van der Waals surface area contributed by atoms with Crippen molar-refractivity contribution in [2.24, 2.45) is 0 Å². The third kappa shape index (κ3) is 13.5. The third-order valence-corrected chi connectivity index (χ3v) is 7.40. The number of aromatic nitrogens is 1. The number of carbonyl (C=O) groups excluding carboxylic acids is 6. The molecule has 2 aromatic carbocycles. The van der Waals surface area contributed by atoms with Gasteiger partial charge in [-0.1, -0.05) is 23.8 Å². The van der Waals surface area contributed by atoms with Gasteiger partial charge in [0.25, 0.3) is 11.8 Å². The number of nitrogens with one attached hydrogen (secondary N) is 4. The van der Waals surface area contributed by atoms with Gasteiger partial charge in [-0.3, -0.25) is 28.8 Å². The molecule has 0 spiro atoms. The first kappa shape index (κ1) is 40.0. The van der Waals surface area contributed by atoms with E-state index in [1.807, 2.05) is 13.0 Å². The molecule has 278 valence electrons. The number of hydrogen-bond acceptors (Lipinski definition) is 10. The lowest BCUT2D eigenvalue weighted by Gasteiger charge is -2.21. The molecule has 17 nitrogen and oxygen atoms in total. The normalized spacial score (nSPS) is 10.5. The molecule has 5 amide bonds. The minimum absolute atomic E-state index is 0.00518. The van der Waals surface area contributed by atoms with Gasteiger partial charge in [-0.2, -0.15) is 0 Å². The summed E-state index contributed by atoms with van der Waals surface area (Å²) >= 11 is 0. The fourth-order valence-electron chi connectivity index (χ4n) is 4.74. The average molecular weight is 723 g/mol. The molecule has 7 N–H and O–H groups in total. The Hall–Kier alpha value is -6.39. The second kappa shape index (κ2) is 20.3. The minimum Gasteiger partial charge on any atom is -0.492 e. The second-order valence-electron chi connectivity index (χ2n) is 11.6. The van der Waals surface area contributed by atoms with Crippen molar-refractivity contribution in [3.8, 4) is 11.8 Å². The van der Waals surface area contributed by atoms with Gasteiger partial charge in [0.05, 0.1) is 5.56 Å². The van der Waals surface area contributed by atoms with Crippen molar-refractivity contribution in [3.63, 3.8) is 0 Å². The largest absolute Gasteiger partial charge is 0.492 e. The van der Waals surface area contributed by atoms with Gasteiger partial charge in [-0.05, 0) is 50.1 Å². The lowest BCUT2D eigenvalue weighted by atomic mass is 10.1. The number of carboxylic acids is 1. The molecule has 0 unspecified atom stereocenters. The van der Waals surface area contributed by atoms with E-state index in [1.54, 1.807) is 18.2 Å². The number of aryl methyl sites for hydroxylation is 1. The molecule has 0 saturated heterocycles. The SMILES string of the molecule is Cc1cccc(C(=O)NCCCCN(CC(=O)O)C(=O)CCNC(=O)CCNC(=O)CCNC(=O)c2cccc(C(=O)On3c(O)ccc3O)c2)c1. The maximum atomic E-state index is 12.6. The van der Waals surface area contributed by atoms with Crippen molar-refractivity contribution in [2.75, 3.05) is 39.3 Å². The van der Waals surface area contributed by atoms with E-state index in [-0.39, 0.29) is 62.5 Å². The molecule has 0 fully saturated rings. The molecule has 3 rings (SSSR count). The molecule has 17 heteroatoms. The van der Waals surface area contributed by atoms with Crippen molar-refractivity contribution in [2.45, 2.75) is 39.0 Å². The average Bonchev–Trinajstić information content (AvgIpc) is 3.42. The van der Waals surface area contributed by atoms with E-state index in [1.165, 1.54) is 29.2 Å². The first-order valence-corrected chi connectivity index (χ1v) is 16.4. The summed E-state index contributed by atoms with van der Waals surface area (Å²) in [6.07, 6.45) is 0.675. The van der Waals surface area contributed by atoms with E-state index >= 15 is 0 Å². The molecular weight excluding hydrogens is 680 g/mol. The number of carbonyl (C=O) groups is 7. The van der Waals surface area contributed by atoms with Crippen LogP contribution in [0.5, 0.6) is 11.8 Å². The van der Waals surface area contributed by atoms with Crippen LogP contribution in [0.3, 0.4) is 0 Å². The first-order valence-electron chi connectivity index (χ1n) is 16.4. The van der Waals surface area contributed by atoms with E-state index in [0.717, 1.165) is 17.7 Å². The Bertz CT molecular complexity index is 1740. The van der Waals surface area contributed by atoms with Crippen molar-refractivity contribution < 1.29 is 53.7 Å². The fraction of sp³-hybridized carbons (Fsp3) is 0.343. The second-order valence-corrected chi connectivity index (χ2v) is 11.6. The molecule has 0 saturated carbocycles. The zero-order valence-corrected chi connectivity index (χ0v) is 28.6. The number of amides is 5. The summed E-state index contributed by atoms with van der Waals surface area (Å²) in [6, 6.07) is 14.9. The quantitative estimate of drug-likeness (QED) is 0.0802. The molecule has 0 atom stereocenters. The Morgan fingerprint density at radius 1 is 0.673 bits per heavy atom. The Balaban J connectivity index is 1.28. The predicted molar refractivity (Wildman–Crippen MR) is 184 cm³/mol. The topological polar surface area (TPSA) is 246 Å². The van der Waals surface area contributed by atoms with Crippen LogP contribution < -0.4 is 26.1 Å². The number of nitrogens with zero attached hydrogens (tertiary/aromatic N) is 2. The monoisotopic (exact) mass is 722 g/mol. The lowest BCUT2D eigenvalue weighted by molar-refractivity contribution is -0.144. The molecule has 0 aliphatic rings. The van der Waals surface area contributed by atoms with E-state index < -0.39 is 53.9 Å². The van der Waals surface area contributed by atoms with Crippen LogP contribution in [-0.4, -0.2) is 106 Å². The summed E-state index contributed by atoms with van der Waals surface area (Å²) < 4.78 is 0.514. The van der Waals surface area contributed by atoms with E-state index in [9.17, 15) is 48.9 Å². The standard InChI is InChI=1S/C35H42N6O11/c1-23-6-4-7-24(20-23)33(49)38-15-2-3-19-40(22-32(47)48)29(44)14-18-37-27(42)12-16-36-28(43)13-17-39-34(50)25-8-5-9-26(21-25)35(51)52-41-30(45)10-11-31(41)46/h4-11,20-21,45-46H,2-3,12-19,22H2,1H3,(H,36,43)(H,37,42)(H,38,49)(H,39,50)(H,47,48). The molecule has 0 aliphatic heterocycles. The number of rotatable bonds is 20. The van der Waals surface area contributed by atoms with Gasteiger partial charge in [-0.25, -0.2) is 4.79 Å². The highest BCUT2D eigenvalue weighted by Gasteiger charge is 2.18. The van der Waals surface area contributed by atoms with E-state index in [4.69, 9.17) is 4.84 Å². The molecule has 0 radical (unpaired) electrons. The van der Waals surface area contributed by atoms with Gasteiger partial charge >= 0.3 is 11.9 Å². The van der Waals surface area contributed by atoms with Crippen molar-refractivity contribution in [3.05, 3.63) is 82.9 Å². The van der Waals surface area contributed by atoms with Gasteiger partial charge in [0.15, 0.2) is 0 Å². The van der Waals surface area contributed by atoms with Crippen LogP contribution in [0.25, 0.3) is 0 Å². The zero-order chi connectivity index (χ0) is 38.0. The van der Waals surface area contributed by atoms with Gasteiger partial charge in [-0.15, -0.1) is 4.73 Å². The van der Waals surface area contributed by atoms with Crippen molar-refractivity contribution in [1.82, 2.24) is 30.9 Å². The molecule has 3 aromatic rings. The molecule has 0 aliphatic carbocycles. The van der Waals surface area contributed by atoms with Crippen molar-refractivity contribution >= 4 is 41.5 Å². The Labute approximate surface area is 298 Å². The number of carboxylic acid groups (broad SMARTS) is 1. The predicted octanol–water partition coefficient (Wildman–Crippen LogP) is 0.733. The zero-order valence-electron chi connectivity index (χ0n) is 28.6. The van der Waals surface area contributed by atoms with Crippen LogP contribution in [0.4, 0.5) is 0 Å². The molecule has 52 heavy (non-hydrogen) atoms. The number of aromatic hydroxyl groups is 2. The Morgan fingerprint density at radius 3 is 1.83 bits per heavy atom. The summed E-state index contributed by atoms with van der Waals surface area (Å²) in [6.45, 7) is 1.83. The highest BCUT2D eigenvalue weighted by molar-refractivity contribution is 5.98. The van der Waals surface area contributed by atoms with E-state index in [0.29, 0.717) is 29.7 Å². The van der Waals surface area contributed by atoms with Gasteiger partial charge in [0.2, 0.25) is 29.5 Å². The minimum atomic E-state index is -1.18. The van der Waals surface area contributed by atoms with Crippen LogP contribution in [0.15, 0.2) is 60.7 Å². The number of hydrogen-bond donors (Lipinski definition) is 7. The number of aliphatic carboxylic acids is 1. The van der Waals surface area contributed by atoms with Crippen LogP contribution in [0.1, 0.15) is 68.7 Å². The van der Waals surface area contributed by atoms with Crippen LogP contribution in [0.2, 0.25) is 0 Å². The highest BCUT2D eigenvalue weighted by Crippen LogP contribution is 2.19. The third-order valence-electron chi connectivity index (χ3n) is 7.40. The maximum Gasteiger partial charge on any atom is 0.363 e. The van der Waals surface area contributed by atoms with Crippen LogP contribution in [0, 0.1) is 6.92 Å². The lowest BCUT2D eigenvalue weighted by Crippen LogP contribution is -2.39. The number of benzene rings is 2. The van der Waals surface area contributed by atoms with Crippen LogP contribution in [-0.2, 0) is 19.2 Å². The van der Waals surface area contributed by atoms with Crippen LogP contribution >= 0.6 is 0 Å². The molecule has 1 heterocycles. The first-order chi connectivity index (χ1) is 24.8. The number of unbranched alkanes of at least 4 members (excludes halogenated alkanes) is 1.